The Morgan fingerprint density at radius 1 is 1.03 bits per heavy atom. The van der Waals surface area contributed by atoms with Gasteiger partial charge in [-0.15, -0.1) is 13.2 Å². The van der Waals surface area contributed by atoms with Crippen molar-refractivity contribution in [2.75, 3.05) is 31.6 Å². The first-order chi connectivity index (χ1) is 13.7. The largest absolute Gasteiger partial charge is 0.573 e. The van der Waals surface area contributed by atoms with E-state index in [4.69, 9.17) is 4.74 Å². The van der Waals surface area contributed by atoms with E-state index in [-0.39, 0.29) is 29.2 Å². The van der Waals surface area contributed by atoms with Gasteiger partial charge in [-0.05, 0) is 36.4 Å². The third kappa shape index (κ3) is 5.25. The second kappa shape index (κ2) is 8.39. The van der Waals surface area contributed by atoms with Crippen molar-refractivity contribution >= 4 is 21.6 Å². The van der Waals surface area contributed by atoms with E-state index in [0.29, 0.717) is 13.2 Å². The van der Waals surface area contributed by atoms with Crippen LogP contribution in [0.1, 0.15) is 10.4 Å². The Morgan fingerprint density at radius 2 is 1.66 bits per heavy atom. The zero-order valence-corrected chi connectivity index (χ0v) is 15.8. The van der Waals surface area contributed by atoms with Gasteiger partial charge in [-0.3, -0.25) is 4.79 Å². The molecule has 2 aromatic carbocycles. The van der Waals surface area contributed by atoms with Gasteiger partial charge in [0.1, 0.15) is 0 Å². The van der Waals surface area contributed by atoms with E-state index in [1.165, 1.54) is 46.8 Å². The highest BCUT2D eigenvalue weighted by Gasteiger charge is 2.32. The Bertz CT molecular complexity index is 972. The molecule has 11 heteroatoms. The Hall–Kier alpha value is -2.63. The van der Waals surface area contributed by atoms with Crippen LogP contribution in [0, 0.1) is 0 Å². The number of carbonyl (C=O) groups excluding carboxylic acids is 1. The van der Waals surface area contributed by atoms with E-state index < -0.39 is 28.0 Å². The highest BCUT2D eigenvalue weighted by atomic mass is 32.2. The van der Waals surface area contributed by atoms with Crippen molar-refractivity contribution in [2.24, 2.45) is 0 Å². The van der Waals surface area contributed by atoms with Crippen LogP contribution in [-0.2, 0) is 14.8 Å². The Kier molecular flexibility index (Phi) is 6.10. The number of morpholine rings is 1. The van der Waals surface area contributed by atoms with Crippen LogP contribution in [0.4, 0.5) is 18.9 Å². The number of hydrogen-bond acceptors (Lipinski definition) is 5. The van der Waals surface area contributed by atoms with Gasteiger partial charge >= 0.3 is 6.36 Å². The summed E-state index contributed by atoms with van der Waals surface area (Å²) in [5.74, 6) is -1.27. The van der Waals surface area contributed by atoms with Crippen LogP contribution in [0.25, 0.3) is 0 Å². The summed E-state index contributed by atoms with van der Waals surface area (Å²) in [6.45, 7) is 1.08. The van der Waals surface area contributed by atoms with Crippen molar-refractivity contribution in [3.05, 3.63) is 54.1 Å². The number of sulfonamides is 1. The lowest BCUT2D eigenvalue weighted by atomic mass is 10.2. The van der Waals surface area contributed by atoms with Crippen LogP contribution in [0.5, 0.6) is 5.75 Å². The normalized spacial score (nSPS) is 15.7. The number of benzene rings is 2. The number of rotatable bonds is 5. The topological polar surface area (TPSA) is 84.9 Å². The number of amides is 1. The quantitative estimate of drug-likeness (QED) is 0.789. The second-order valence-corrected chi connectivity index (χ2v) is 7.98. The fourth-order valence-corrected chi connectivity index (χ4v) is 4.10. The molecule has 1 amide bonds. The molecule has 3 rings (SSSR count). The van der Waals surface area contributed by atoms with Crippen molar-refractivity contribution < 1.29 is 35.9 Å². The molecule has 1 saturated heterocycles. The van der Waals surface area contributed by atoms with E-state index in [0.717, 1.165) is 6.07 Å². The van der Waals surface area contributed by atoms with Crippen molar-refractivity contribution in [3.63, 3.8) is 0 Å². The highest BCUT2D eigenvalue weighted by Crippen LogP contribution is 2.30. The van der Waals surface area contributed by atoms with Gasteiger partial charge in [0, 0.05) is 18.7 Å². The number of halogens is 3. The van der Waals surface area contributed by atoms with Gasteiger partial charge in [-0.2, -0.15) is 4.31 Å². The molecule has 0 saturated carbocycles. The second-order valence-electron chi connectivity index (χ2n) is 6.04. The lowest BCUT2D eigenvalue weighted by molar-refractivity contribution is -0.274. The summed E-state index contributed by atoms with van der Waals surface area (Å²) in [6, 6.07) is 10.2. The van der Waals surface area contributed by atoms with Gasteiger partial charge in [0.15, 0.2) is 5.75 Å². The smallest absolute Gasteiger partial charge is 0.404 e. The molecule has 0 unspecified atom stereocenters. The van der Waals surface area contributed by atoms with E-state index in [1.54, 1.807) is 0 Å². The summed E-state index contributed by atoms with van der Waals surface area (Å²) in [7, 11) is -3.71. The van der Waals surface area contributed by atoms with E-state index in [2.05, 4.69) is 10.1 Å². The predicted molar refractivity (Wildman–Crippen MR) is 97.1 cm³/mol. The number of nitrogens with one attached hydrogen (secondary N) is 1. The molecule has 0 bridgehead atoms. The van der Waals surface area contributed by atoms with E-state index >= 15 is 0 Å². The zero-order valence-electron chi connectivity index (χ0n) is 15.0. The number of ether oxygens (including phenoxy) is 2. The average molecular weight is 430 g/mol. The molecular weight excluding hydrogens is 413 g/mol. The van der Waals surface area contributed by atoms with Crippen molar-refractivity contribution in [2.45, 2.75) is 11.3 Å². The molecule has 1 N–H and O–H groups in total. The number of nitrogens with zero attached hydrogens (tertiary/aromatic N) is 1. The Labute approximate surface area is 165 Å². The fourth-order valence-electron chi connectivity index (χ4n) is 2.69. The molecule has 1 aliphatic heterocycles. The molecule has 0 aromatic heterocycles. The summed E-state index contributed by atoms with van der Waals surface area (Å²) >= 11 is 0. The summed E-state index contributed by atoms with van der Waals surface area (Å²) in [4.78, 5) is 12.4. The predicted octanol–water partition coefficient (Wildman–Crippen LogP) is 2.86. The van der Waals surface area contributed by atoms with Crippen LogP contribution in [0.3, 0.4) is 0 Å². The van der Waals surface area contributed by atoms with E-state index in [9.17, 15) is 26.4 Å². The molecule has 29 heavy (non-hydrogen) atoms. The third-order valence-corrected chi connectivity index (χ3v) is 6.00. The summed E-state index contributed by atoms with van der Waals surface area (Å²) in [5, 5.41) is 2.33. The maximum absolute atomic E-state index is 12.6. The minimum Gasteiger partial charge on any atom is -0.404 e. The third-order valence-electron chi connectivity index (χ3n) is 4.09. The van der Waals surface area contributed by atoms with Gasteiger partial charge in [0.25, 0.3) is 5.91 Å². The molecule has 0 radical (unpaired) electrons. The molecule has 156 valence electrons. The zero-order chi connectivity index (χ0) is 21.1. The SMILES string of the molecule is O=C(Nc1ccccc1OC(F)(F)F)c1ccc(S(=O)(=O)N2CCOCC2)cc1. The Morgan fingerprint density at radius 3 is 2.28 bits per heavy atom. The molecule has 0 aliphatic carbocycles. The fraction of sp³-hybridized carbons (Fsp3) is 0.278. The molecule has 0 atom stereocenters. The number of carbonyl (C=O) groups is 1. The van der Waals surface area contributed by atoms with Crippen LogP contribution in [-0.4, -0.2) is 51.3 Å². The Balaban J connectivity index is 1.75. The van der Waals surface area contributed by atoms with E-state index in [1.807, 2.05) is 0 Å². The molecule has 1 fully saturated rings. The monoisotopic (exact) mass is 430 g/mol. The van der Waals surface area contributed by atoms with Crippen LogP contribution in [0.15, 0.2) is 53.4 Å². The first-order valence-electron chi connectivity index (χ1n) is 8.51. The molecule has 0 spiro atoms. The van der Waals surface area contributed by atoms with Gasteiger partial charge in [-0.25, -0.2) is 8.42 Å². The summed E-state index contributed by atoms with van der Waals surface area (Å²) in [6.07, 6.45) is -4.91. The summed E-state index contributed by atoms with van der Waals surface area (Å²) < 4.78 is 72.9. The number of anilines is 1. The van der Waals surface area contributed by atoms with Crippen LogP contribution < -0.4 is 10.1 Å². The van der Waals surface area contributed by atoms with Crippen molar-refractivity contribution in [1.29, 1.82) is 0 Å². The van der Waals surface area contributed by atoms with Gasteiger partial charge < -0.3 is 14.8 Å². The lowest BCUT2D eigenvalue weighted by Gasteiger charge is -2.26. The van der Waals surface area contributed by atoms with Crippen LogP contribution in [0.2, 0.25) is 0 Å². The highest BCUT2D eigenvalue weighted by molar-refractivity contribution is 7.89. The van der Waals surface area contributed by atoms with Crippen molar-refractivity contribution in [1.82, 2.24) is 4.31 Å². The summed E-state index contributed by atoms with van der Waals surface area (Å²) in [5.41, 5.74) is -0.0902. The maximum atomic E-state index is 12.6. The first kappa shape index (κ1) is 21.1. The molecule has 1 aliphatic rings. The lowest BCUT2D eigenvalue weighted by Crippen LogP contribution is -2.40. The average Bonchev–Trinajstić information content (AvgIpc) is 2.69. The standard InChI is InChI=1S/C18H17F3N2O5S/c19-18(20,21)28-16-4-2-1-3-15(16)22-17(24)13-5-7-14(8-6-13)29(25,26)23-9-11-27-12-10-23/h1-8H,9-12H2,(H,22,24). The first-order valence-corrected chi connectivity index (χ1v) is 9.95. The number of alkyl halides is 3. The van der Waals surface area contributed by atoms with Gasteiger partial charge in [-0.1, -0.05) is 12.1 Å². The number of hydrogen-bond donors (Lipinski definition) is 1. The van der Waals surface area contributed by atoms with Gasteiger partial charge in [0.2, 0.25) is 10.0 Å². The molecule has 2 aromatic rings. The van der Waals surface area contributed by atoms with Crippen LogP contribution >= 0.6 is 0 Å². The minimum atomic E-state index is -4.91. The maximum Gasteiger partial charge on any atom is 0.573 e. The molecular formula is C18H17F3N2O5S. The van der Waals surface area contributed by atoms with Gasteiger partial charge in [0.05, 0.1) is 23.8 Å². The minimum absolute atomic E-state index is 0.0109. The number of para-hydroxylation sites is 2. The molecule has 7 nitrogen and oxygen atoms in total. The molecule has 1 heterocycles. The van der Waals surface area contributed by atoms with Crippen molar-refractivity contribution in [3.8, 4) is 5.75 Å².